The van der Waals surface area contributed by atoms with Crippen LogP contribution in [0.4, 0.5) is 4.70 Å². The molecule has 0 aliphatic carbocycles. The van der Waals surface area contributed by atoms with Gasteiger partial charge in [0.2, 0.25) is 0 Å². The number of nitrogens with two attached hydrogens (primary N) is 1. The quantitative estimate of drug-likeness (QED) is 0.501. The van der Waals surface area contributed by atoms with Crippen LogP contribution >= 0.6 is 0 Å². The van der Waals surface area contributed by atoms with Gasteiger partial charge in [-0.05, 0) is 6.54 Å². The second kappa shape index (κ2) is 39.4. The normalized spacial score (nSPS) is 5.14. The first-order valence-corrected chi connectivity index (χ1v) is 2.53. The first-order valence-electron chi connectivity index (χ1n) is 2.53. The van der Waals surface area contributed by atoms with E-state index in [1.54, 1.807) is 0 Å². The van der Waals surface area contributed by atoms with Gasteiger partial charge in [0, 0.05) is 0 Å². The molecule has 0 aromatic rings. The Morgan fingerprint density at radius 1 is 1.14 bits per heavy atom. The molecule has 1 nitrogen and oxygen atoms in total. The first-order chi connectivity index (χ1) is 2.83. The number of halogens is 1. The Labute approximate surface area is 45.3 Å². The van der Waals surface area contributed by atoms with Crippen molar-refractivity contribution in [3.05, 3.63) is 0 Å². The summed E-state index contributed by atoms with van der Waals surface area (Å²) < 4.78 is 0. The number of rotatable bonds is 0. The lowest BCUT2D eigenvalue weighted by Gasteiger charge is -1.53. The van der Waals surface area contributed by atoms with Crippen molar-refractivity contribution >= 4 is 0 Å². The molecule has 48 valence electrons. The zero-order valence-corrected chi connectivity index (χ0v) is 5.40. The molecular weight excluding hydrogens is 93.1 g/mol. The summed E-state index contributed by atoms with van der Waals surface area (Å²) in [5, 5.41) is 0. The van der Waals surface area contributed by atoms with E-state index in [0.717, 1.165) is 6.54 Å². The van der Waals surface area contributed by atoms with Gasteiger partial charge in [-0.15, -0.1) is 0 Å². The van der Waals surface area contributed by atoms with Crippen LogP contribution in [0.1, 0.15) is 27.2 Å². The maximum Gasteiger partial charge on any atom is -0.0106 e. The molecule has 0 heterocycles. The van der Waals surface area contributed by atoms with E-state index in [0.29, 0.717) is 0 Å². The van der Waals surface area contributed by atoms with Gasteiger partial charge < -0.3 is 5.73 Å². The molecule has 0 radical (unpaired) electrons. The lowest BCUT2D eigenvalue weighted by Crippen LogP contribution is -1.87. The molecule has 0 aromatic heterocycles. The highest BCUT2D eigenvalue weighted by Crippen LogP contribution is 1.56. The van der Waals surface area contributed by atoms with E-state index in [2.05, 4.69) is 13.8 Å². The Kier molecular flexibility index (Phi) is 89.0. The Morgan fingerprint density at radius 2 is 1.14 bits per heavy atom. The van der Waals surface area contributed by atoms with Crippen molar-refractivity contribution < 1.29 is 4.70 Å². The van der Waals surface area contributed by atoms with Crippen molar-refractivity contribution in [1.82, 2.24) is 0 Å². The van der Waals surface area contributed by atoms with Gasteiger partial charge in [0.1, 0.15) is 0 Å². The third-order valence-electron chi connectivity index (χ3n) is 0. The standard InChI is InChI=1S/C3H8.C2H7N.FH/c1-3-2;1-2-3;/h3H2,1-2H3;2-3H2,1H3;1H. The summed E-state index contributed by atoms with van der Waals surface area (Å²) in [6, 6.07) is 0. The summed E-state index contributed by atoms with van der Waals surface area (Å²) in [7, 11) is 0. The second-order valence-electron chi connectivity index (χ2n) is 1.12. The molecule has 0 fully saturated rings. The maximum atomic E-state index is 4.85. The van der Waals surface area contributed by atoms with Gasteiger partial charge in [0.05, 0.1) is 0 Å². The molecule has 0 saturated heterocycles. The summed E-state index contributed by atoms with van der Waals surface area (Å²) in [4.78, 5) is 0. The van der Waals surface area contributed by atoms with Crippen LogP contribution in [0.25, 0.3) is 0 Å². The van der Waals surface area contributed by atoms with Gasteiger partial charge in [-0.2, -0.15) is 0 Å². The van der Waals surface area contributed by atoms with Crippen molar-refractivity contribution in [2.45, 2.75) is 27.2 Å². The molecule has 0 bridgehead atoms. The molecule has 0 aromatic carbocycles. The lowest BCUT2D eigenvalue weighted by atomic mass is 10.6. The Bertz CT molecular complexity index is 10.0. The molecule has 0 saturated carbocycles. The van der Waals surface area contributed by atoms with E-state index in [-0.39, 0.29) is 4.70 Å². The zero-order chi connectivity index (χ0) is 5.41. The Hall–Kier alpha value is -0.110. The minimum atomic E-state index is 0. The molecule has 2 N–H and O–H groups in total. The highest BCUT2D eigenvalue weighted by molar-refractivity contribution is 4.00. The third-order valence-corrected chi connectivity index (χ3v) is 0. The van der Waals surface area contributed by atoms with Crippen LogP contribution in [0.2, 0.25) is 0 Å². The second-order valence-corrected chi connectivity index (χ2v) is 1.12. The van der Waals surface area contributed by atoms with E-state index in [4.69, 9.17) is 5.73 Å². The predicted molar refractivity (Wildman–Crippen MR) is 33.2 cm³/mol. The van der Waals surface area contributed by atoms with Crippen molar-refractivity contribution in [1.29, 1.82) is 0 Å². The van der Waals surface area contributed by atoms with Crippen molar-refractivity contribution in [3.8, 4) is 0 Å². The molecule has 0 unspecified atom stereocenters. The van der Waals surface area contributed by atoms with E-state index in [1.165, 1.54) is 6.42 Å². The smallest absolute Gasteiger partial charge is 0.0106 e. The molecule has 0 rings (SSSR count). The minimum Gasteiger partial charge on any atom is -0.331 e. The molecule has 2 heteroatoms. The fourth-order valence-electron chi connectivity index (χ4n) is 0. The molecular formula is C5H16FN. The highest BCUT2D eigenvalue weighted by atomic mass is 19.0. The van der Waals surface area contributed by atoms with Gasteiger partial charge in [-0.25, -0.2) is 0 Å². The SMILES string of the molecule is CCC.CCN.F. The largest absolute Gasteiger partial charge is 0.331 e. The maximum absolute atomic E-state index is 4.85. The molecule has 0 atom stereocenters. The average molecular weight is 109 g/mol. The lowest BCUT2D eigenvalue weighted by molar-refractivity contribution is 1.09. The summed E-state index contributed by atoms with van der Waals surface area (Å²) in [6.07, 6.45) is 1.25. The zero-order valence-electron chi connectivity index (χ0n) is 5.40. The van der Waals surface area contributed by atoms with E-state index >= 15 is 0 Å². The monoisotopic (exact) mass is 109 g/mol. The van der Waals surface area contributed by atoms with Crippen LogP contribution in [-0.4, -0.2) is 6.54 Å². The predicted octanol–water partition coefficient (Wildman–Crippen LogP) is 1.53. The highest BCUT2D eigenvalue weighted by Gasteiger charge is 1.35. The van der Waals surface area contributed by atoms with Crippen LogP contribution in [0.5, 0.6) is 0 Å². The summed E-state index contributed by atoms with van der Waals surface area (Å²) in [5.74, 6) is 0. The summed E-state index contributed by atoms with van der Waals surface area (Å²) in [6.45, 7) is 6.90. The Morgan fingerprint density at radius 3 is 1.14 bits per heavy atom. The van der Waals surface area contributed by atoms with E-state index in [1.807, 2.05) is 6.92 Å². The number of hydrogen-bond acceptors (Lipinski definition) is 1. The average Bonchev–Trinajstić information content (AvgIpc) is 1.39. The third kappa shape index (κ3) is 7370. The van der Waals surface area contributed by atoms with Gasteiger partial charge in [-0.1, -0.05) is 27.2 Å². The summed E-state index contributed by atoms with van der Waals surface area (Å²) >= 11 is 0. The van der Waals surface area contributed by atoms with Crippen LogP contribution < -0.4 is 5.73 Å². The summed E-state index contributed by atoms with van der Waals surface area (Å²) in [5.41, 5.74) is 4.85. The fourth-order valence-corrected chi connectivity index (χ4v) is 0. The number of hydrogen-bond donors (Lipinski definition) is 1. The van der Waals surface area contributed by atoms with Crippen LogP contribution in [0.3, 0.4) is 0 Å². The van der Waals surface area contributed by atoms with Crippen molar-refractivity contribution in [2.75, 3.05) is 6.54 Å². The van der Waals surface area contributed by atoms with Gasteiger partial charge in [0.15, 0.2) is 0 Å². The Balaban J connectivity index is -0.0000000400. The van der Waals surface area contributed by atoms with E-state index in [9.17, 15) is 0 Å². The molecule has 0 amide bonds. The molecule has 0 aliphatic rings. The first kappa shape index (κ1) is 15.8. The molecule has 7 heavy (non-hydrogen) atoms. The van der Waals surface area contributed by atoms with Crippen LogP contribution in [-0.2, 0) is 0 Å². The van der Waals surface area contributed by atoms with Gasteiger partial charge in [-0.3, -0.25) is 4.70 Å². The fraction of sp³-hybridized carbons (Fsp3) is 1.00. The minimum absolute atomic E-state index is 0. The van der Waals surface area contributed by atoms with Gasteiger partial charge >= 0.3 is 0 Å². The topological polar surface area (TPSA) is 26.0 Å². The molecule has 0 aliphatic heterocycles. The molecule has 0 spiro atoms. The van der Waals surface area contributed by atoms with Crippen LogP contribution in [0, 0.1) is 0 Å². The van der Waals surface area contributed by atoms with Gasteiger partial charge in [0.25, 0.3) is 0 Å². The van der Waals surface area contributed by atoms with E-state index < -0.39 is 0 Å². The van der Waals surface area contributed by atoms with Crippen molar-refractivity contribution in [2.24, 2.45) is 5.73 Å². The van der Waals surface area contributed by atoms with Crippen LogP contribution in [0.15, 0.2) is 0 Å². The van der Waals surface area contributed by atoms with Crippen molar-refractivity contribution in [3.63, 3.8) is 0 Å².